The van der Waals surface area contributed by atoms with Gasteiger partial charge >= 0.3 is 0 Å². The number of aliphatic imine (C=N–C) groups is 1. The first-order valence-corrected chi connectivity index (χ1v) is 9.55. The van der Waals surface area contributed by atoms with Crippen LogP contribution < -0.4 is 16.0 Å². The topological polar surface area (TPSA) is 104 Å². The van der Waals surface area contributed by atoms with E-state index in [1.54, 1.807) is 5.51 Å². The van der Waals surface area contributed by atoms with Crippen LogP contribution in [-0.4, -0.2) is 41.6 Å². The van der Waals surface area contributed by atoms with Crippen LogP contribution in [0.2, 0.25) is 0 Å². The van der Waals surface area contributed by atoms with E-state index in [1.165, 1.54) is 11.3 Å². The number of hydrogen-bond acceptors (Lipinski definition) is 6. The highest BCUT2D eigenvalue weighted by Crippen LogP contribution is 2.14. The third-order valence-corrected chi connectivity index (χ3v) is 4.49. The minimum absolute atomic E-state index is 0.100. The van der Waals surface area contributed by atoms with Crippen LogP contribution >= 0.6 is 11.3 Å². The van der Waals surface area contributed by atoms with Crippen LogP contribution in [0, 0.1) is 6.92 Å². The van der Waals surface area contributed by atoms with E-state index in [9.17, 15) is 4.79 Å². The van der Waals surface area contributed by atoms with Gasteiger partial charge in [-0.15, -0.1) is 11.3 Å². The summed E-state index contributed by atoms with van der Waals surface area (Å²) < 4.78 is 5.29. The molecule has 2 aromatic rings. The Labute approximate surface area is 157 Å². The summed E-state index contributed by atoms with van der Waals surface area (Å²) in [5, 5.41) is 13.2. The van der Waals surface area contributed by atoms with Crippen LogP contribution in [-0.2, 0) is 6.54 Å². The van der Waals surface area contributed by atoms with E-state index < -0.39 is 0 Å². The van der Waals surface area contributed by atoms with Crippen molar-refractivity contribution >= 4 is 23.2 Å². The standard InChI is InChI=1S/C17H26N6O2S/c1-5-18-17(21-9-13-8-14(11(2)3)23-25-13)20-7-6-19-16(24)15-12(4)22-10-26-15/h8,10-11H,5-7,9H2,1-4H3,(H,19,24)(H2,18,20,21). The van der Waals surface area contributed by atoms with Gasteiger partial charge in [0.15, 0.2) is 11.7 Å². The molecule has 2 rings (SSSR count). The van der Waals surface area contributed by atoms with Crippen LogP contribution in [0.1, 0.15) is 53.5 Å². The quantitative estimate of drug-likeness (QED) is 0.369. The lowest BCUT2D eigenvalue weighted by molar-refractivity contribution is 0.0957. The van der Waals surface area contributed by atoms with Crippen molar-refractivity contribution in [3.05, 3.63) is 33.6 Å². The molecule has 8 nitrogen and oxygen atoms in total. The fourth-order valence-corrected chi connectivity index (χ4v) is 2.85. The van der Waals surface area contributed by atoms with E-state index >= 15 is 0 Å². The third-order valence-electron chi connectivity index (χ3n) is 3.56. The van der Waals surface area contributed by atoms with Gasteiger partial charge in [0, 0.05) is 25.7 Å². The molecule has 0 spiro atoms. The molecule has 0 saturated heterocycles. The molecule has 2 aromatic heterocycles. The zero-order chi connectivity index (χ0) is 18.9. The lowest BCUT2D eigenvalue weighted by Crippen LogP contribution is -2.41. The van der Waals surface area contributed by atoms with Gasteiger partial charge < -0.3 is 20.5 Å². The SMILES string of the molecule is CCNC(=NCc1cc(C(C)C)no1)NCCNC(=O)c1scnc1C. The first kappa shape index (κ1) is 19.9. The Morgan fingerprint density at radius 3 is 2.69 bits per heavy atom. The number of nitrogens with one attached hydrogen (secondary N) is 3. The zero-order valence-electron chi connectivity index (χ0n) is 15.6. The summed E-state index contributed by atoms with van der Waals surface area (Å²) in [5.41, 5.74) is 3.35. The highest BCUT2D eigenvalue weighted by Gasteiger charge is 2.11. The maximum Gasteiger partial charge on any atom is 0.263 e. The minimum Gasteiger partial charge on any atom is -0.359 e. The molecule has 0 radical (unpaired) electrons. The summed E-state index contributed by atoms with van der Waals surface area (Å²) in [6.45, 7) is 10.2. The number of hydrogen-bond donors (Lipinski definition) is 3. The molecule has 0 aromatic carbocycles. The Bertz CT molecular complexity index is 737. The summed E-state index contributed by atoms with van der Waals surface area (Å²) in [6, 6.07) is 1.93. The first-order valence-electron chi connectivity index (χ1n) is 8.67. The zero-order valence-corrected chi connectivity index (χ0v) is 16.4. The monoisotopic (exact) mass is 378 g/mol. The maximum absolute atomic E-state index is 12.0. The molecule has 0 fully saturated rings. The molecule has 0 bridgehead atoms. The maximum atomic E-state index is 12.0. The summed E-state index contributed by atoms with van der Waals surface area (Å²) in [5.74, 6) is 1.61. The molecule has 0 unspecified atom stereocenters. The molecule has 1 amide bonds. The highest BCUT2D eigenvalue weighted by atomic mass is 32.1. The van der Waals surface area contributed by atoms with Crippen molar-refractivity contribution in [3.63, 3.8) is 0 Å². The van der Waals surface area contributed by atoms with Crippen molar-refractivity contribution in [2.24, 2.45) is 4.99 Å². The van der Waals surface area contributed by atoms with Crippen molar-refractivity contribution in [1.29, 1.82) is 0 Å². The lowest BCUT2D eigenvalue weighted by Gasteiger charge is -2.11. The fraction of sp³-hybridized carbons (Fsp3) is 0.529. The van der Waals surface area contributed by atoms with Gasteiger partial charge in [-0.3, -0.25) is 4.79 Å². The van der Waals surface area contributed by atoms with Gasteiger partial charge in [-0.25, -0.2) is 9.98 Å². The molecule has 2 heterocycles. The van der Waals surface area contributed by atoms with E-state index in [-0.39, 0.29) is 5.91 Å². The van der Waals surface area contributed by atoms with Crippen molar-refractivity contribution < 1.29 is 9.32 Å². The van der Waals surface area contributed by atoms with E-state index in [0.717, 1.165) is 23.7 Å². The number of aryl methyl sites for hydroxylation is 1. The fourth-order valence-electron chi connectivity index (χ4n) is 2.13. The second kappa shape index (κ2) is 9.91. The van der Waals surface area contributed by atoms with Gasteiger partial charge in [-0.1, -0.05) is 19.0 Å². The lowest BCUT2D eigenvalue weighted by atomic mass is 10.1. The Hall–Kier alpha value is -2.42. The number of thiazole rings is 1. The Morgan fingerprint density at radius 1 is 1.31 bits per heavy atom. The van der Waals surface area contributed by atoms with E-state index in [4.69, 9.17) is 4.52 Å². The smallest absolute Gasteiger partial charge is 0.263 e. The highest BCUT2D eigenvalue weighted by molar-refractivity contribution is 7.11. The van der Waals surface area contributed by atoms with Gasteiger partial charge in [-0.2, -0.15) is 0 Å². The number of carbonyl (C=O) groups excluding carboxylic acids is 1. The summed E-state index contributed by atoms with van der Waals surface area (Å²) >= 11 is 1.34. The van der Waals surface area contributed by atoms with Gasteiger partial charge in [0.05, 0.1) is 16.9 Å². The predicted molar refractivity (Wildman–Crippen MR) is 103 cm³/mol. The minimum atomic E-state index is -0.100. The van der Waals surface area contributed by atoms with Crippen LogP contribution in [0.3, 0.4) is 0 Å². The molecule has 9 heteroatoms. The number of amides is 1. The normalized spacial score (nSPS) is 11.7. The molecular weight excluding hydrogens is 352 g/mol. The van der Waals surface area contributed by atoms with Crippen molar-refractivity contribution in [3.8, 4) is 0 Å². The van der Waals surface area contributed by atoms with Crippen LogP contribution in [0.25, 0.3) is 0 Å². The summed E-state index contributed by atoms with van der Waals surface area (Å²) in [4.78, 5) is 21.2. The molecule has 0 saturated carbocycles. The van der Waals surface area contributed by atoms with Gasteiger partial charge in [0.1, 0.15) is 11.4 Å². The van der Waals surface area contributed by atoms with E-state index in [0.29, 0.717) is 36.4 Å². The third kappa shape index (κ3) is 5.83. The summed E-state index contributed by atoms with van der Waals surface area (Å²) in [7, 11) is 0. The molecule has 26 heavy (non-hydrogen) atoms. The number of carbonyl (C=O) groups is 1. The number of aromatic nitrogens is 2. The molecular formula is C17H26N6O2S. The second-order valence-corrected chi connectivity index (χ2v) is 6.87. The van der Waals surface area contributed by atoms with E-state index in [2.05, 4.69) is 44.9 Å². The molecule has 0 aliphatic carbocycles. The second-order valence-electron chi connectivity index (χ2n) is 6.02. The van der Waals surface area contributed by atoms with E-state index in [1.807, 2.05) is 19.9 Å². The largest absolute Gasteiger partial charge is 0.359 e. The average molecular weight is 379 g/mol. The van der Waals surface area contributed by atoms with Crippen LogP contribution in [0.15, 0.2) is 21.1 Å². The van der Waals surface area contributed by atoms with Crippen molar-refractivity contribution in [2.45, 2.75) is 40.2 Å². The predicted octanol–water partition coefficient (Wildman–Crippen LogP) is 2.05. The first-order chi connectivity index (χ1) is 12.5. The molecule has 0 atom stereocenters. The Balaban J connectivity index is 1.79. The molecule has 0 aliphatic heterocycles. The van der Waals surface area contributed by atoms with Gasteiger partial charge in [0.25, 0.3) is 5.91 Å². The molecule has 3 N–H and O–H groups in total. The molecule has 0 aliphatic rings. The number of nitrogens with zero attached hydrogens (tertiary/aromatic N) is 3. The number of guanidine groups is 1. The number of rotatable bonds is 8. The average Bonchev–Trinajstić information content (AvgIpc) is 3.25. The van der Waals surface area contributed by atoms with Gasteiger partial charge in [-0.05, 0) is 19.8 Å². The Morgan fingerprint density at radius 2 is 2.08 bits per heavy atom. The van der Waals surface area contributed by atoms with Crippen LogP contribution in [0.4, 0.5) is 0 Å². The van der Waals surface area contributed by atoms with Crippen LogP contribution in [0.5, 0.6) is 0 Å². The Kier molecular flexibility index (Phi) is 7.58. The van der Waals surface area contributed by atoms with Crippen molar-refractivity contribution in [1.82, 2.24) is 26.1 Å². The molecule has 142 valence electrons. The summed E-state index contributed by atoms with van der Waals surface area (Å²) in [6.07, 6.45) is 0. The van der Waals surface area contributed by atoms with Gasteiger partial charge in [0.2, 0.25) is 0 Å². The van der Waals surface area contributed by atoms with Crippen molar-refractivity contribution in [2.75, 3.05) is 19.6 Å².